The Morgan fingerprint density at radius 2 is 1.95 bits per heavy atom. The van der Waals surface area contributed by atoms with Gasteiger partial charge in [-0.05, 0) is 5.56 Å². The Morgan fingerprint density at radius 3 is 2.45 bits per heavy atom. The van der Waals surface area contributed by atoms with E-state index in [2.05, 4.69) is 4.72 Å². The minimum Gasteiger partial charge on any atom is -0.389 e. The number of hydrogen-bond acceptors (Lipinski definition) is 4. The summed E-state index contributed by atoms with van der Waals surface area (Å²) >= 11 is 4.83. The summed E-state index contributed by atoms with van der Waals surface area (Å²) in [6, 6.07) is 6.74. The molecule has 1 aromatic rings. The molecule has 0 aliphatic rings. The number of thiocarbonyl (C=S) groups is 1. The lowest BCUT2D eigenvalue weighted by Crippen LogP contribution is -2.29. The normalized spacial score (nSPS) is 13.1. The maximum atomic E-state index is 11.8. The van der Waals surface area contributed by atoms with E-state index in [-0.39, 0.29) is 17.3 Å². The molecule has 112 valence electrons. The molecule has 0 aliphatic carbocycles. The van der Waals surface area contributed by atoms with Crippen LogP contribution in [-0.2, 0) is 26.6 Å². The highest BCUT2D eigenvalue weighted by Gasteiger charge is 2.11. The molecule has 1 atom stereocenters. The first kappa shape index (κ1) is 17.2. The Bertz CT molecular complexity index is 582. The quantitative estimate of drug-likeness (QED) is 0.676. The number of nitrogens with one attached hydrogen (secondary N) is 1. The van der Waals surface area contributed by atoms with Gasteiger partial charge in [0.05, 0.1) is 5.75 Å². The Hall–Kier alpha value is -0.830. The van der Waals surface area contributed by atoms with Gasteiger partial charge in [0.15, 0.2) is 0 Å². The number of nitrogens with two attached hydrogens (primary N) is 1. The van der Waals surface area contributed by atoms with Crippen LogP contribution in [0.1, 0.15) is 18.1 Å². The van der Waals surface area contributed by atoms with Crippen molar-refractivity contribution in [1.29, 1.82) is 0 Å². The van der Waals surface area contributed by atoms with E-state index in [4.69, 9.17) is 18.0 Å². The van der Waals surface area contributed by atoms with Crippen molar-refractivity contribution in [2.24, 2.45) is 5.73 Å². The largest absolute Gasteiger partial charge is 0.389 e. The number of rotatable bonds is 8. The van der Waals surface area contributed by atoms with Gasteiger partial charge in [0.1, 0.15) is 4.99 Å². The van der Waals surface area contributed by atoms with Crippen molar-refractivity contribution in [1.82, 2.24) is 4.72 Å². The maximum Gasteiger partial charge on any atom is 0.215 e. The van der Waals surface area contributed by atoms with Crippen molar-refractivity contribution >= 4 is 38.0 Å². The zero-order chi connectivity index (χ0) is 15.2. The second kappa shape index (κ2) is 7.82. The molecule has 0 amide bonds. The van der Waals surface area contributed by atoms with Crippen molar-refractivity contribution in [2.45, 2.75) is 12.7 Å². The molecule has 1 aromatic carbocycles. The van der Waals surface area contributed by atoms with E-state index in [9.17, 15) is 12.6 Å². The summed E-state index contributed by atoms with van der Waals surface area (Å²) < 4.78 is 37.3. The predicted molar refractivity (Wildman–Crippen MR) is 86.5 cm³/mol. The molecule has 0 radical (unpaired) electrons. The first-order chi connectivity index (χ1) is 9.34. The van der Waals surface area contributed by atoms with Crippen LogP contribution in [0.25, 0.3) is 0 Å². The third kappa shape index (κ3) is 6.08. The highest BCUT2D eigenvalue weighted by atomic mass is 32.2. The molecule has 3 N–H and O–H groups in total. The molecule has 0 spiro atoms. The second-order valence-corrected chi connectivity index (χ2v) is 8.26. The molecular weight excluding hydrogens is 316 g/mol. The molecule has 0 bridgehead atoms. The van der Waals surface area contributed by atoms with E-state index in [0.717, 1.165) is 0 Å². The van der Waals surface area contributed by atoms with E-state index < -0.39 is 20.8 Å². The Labute approximate surface area is 127 Å². The van der Waals surface area contributed by atoms with Crippen LogP contribution in [0.4, 0.5) is 0 Å². The average Bonchev–Trinajstić information content (AvgIpc) is 2.38. The van der Waals surface area contributed by atoms with Crippen molar-refractivity contribution in [3.8, 4) is 0 Å². The average molecular weight is 334 g/mol. The first-order valence-corrected chi connectivity index (χ1v) is 9.60. The summed E-state index contributed by atoms with van der Waals surface area (Å²) in [5.41, 5.74) is 6.82. The van der Waals surface area contributed by atoms with Gasteiger partial charge in [0.25, 0.3) is 0 Å². The van der Waals surface area contributed by atoms with Gasteiger partial charge in [-0.25, -0.2) is 13.1 Å². The van der Waals surface area contributed by atoms with E-state index in [1.807, 2.05) is 0 Å². The van der Waals surface area contributed by atoms with Crippen LogP contribution in [0.5, 0.6) is 0 Å². The Morgan fingerprint density at radius 1 is 1.35 bits per heavy atom. The predicted octanol–water partition coefficient (Wildman–Crippen LogP) is 0.509. The van der Waals surface area contributed by atoms with E-state index in [1.165, 1.54) is 0 Å². The lowest BCUT2D eigenvalue weighted by atomic mass is 10.1. The summed E-state index contributed by atoms with van der Waals surface area (Å²) in [5.74, 6) is 0.738. The summed E-state index contributed by atoms with van der Waals surface area (Å²) in [4.78, 5) is 0.277. The molecule has 0 heterocycles. The Balaban J connectivity index is 2.57. The van der Waals surface area contributed by atoms with Crippen LogP contribution < -0.4 is 10.5 Å². The smallest absolute Gasteiger partial charge is 0.215 e. The van der Waals surface area contributed by atoms with Crippen LogP contribution in [0.2, 0.25) is 0 Å². The van der Waals surface area contributed by atoms with Crippen LogP contribution in [0, 0.1) is 0 Å². The molecule has 0 aromatic heterocycles. The third-order valence-electron chi connectivity index (χ3n) is 2.57. The number of benzene rings is 1. The minimum absolute atomic E-state index is 0.122. The highest BCUT2D eigenvalue weighted by molar-refractivity contribution is 7.88. The van der Waals surface area contributed by atoms with E-state index >= 15 is 0 Å². The van der Waals surface area contributed by atoms with E-state index in [1.54, 1.807) is 31.2 Å². The Kier molecular flexibility index (Phi) is 6.74. The molecule has 8 heteroatoms. The molecule has 0 saturated carbocycles. The molecule has 0 fully saturated rings. The third-order valence-corrected chi connectivity index (χ3v) is 5.47. The zero-order valence-corrected chi connectivity index (χ0v) is 13.6. The molecule has 1 unspecified atom stereocenters. The van der Waals surface area contributed by atoms with Gasteiger partial charge in [-0.1, -0.05) is 43.4 Å². The van der Waals surface area contributed by atoms with Crippen molar-refractivity contribution in [3.05, 3.63) is 35.4 Å². The van der Waals surface area contributed by atoms with Gasteiger partial charge in [-0.2, -0.15) is 0 Å². The highest BCUT2D eigenvalue weighted by Crippen LogP contribution is 2.07. The van der Waals surface area contributed by atoms with Gasteiger partial charge in [0.2, 0.25) is 10.0 Å². The molecule has 20 heavy (non-hydrogen) atoms. The summed E-state index contributed by atoms with van der Waals surface area (Å²) in [6.45, 7) is 1.99. The topological polar surface area (TPSA) is 89.3 Å². The molecular formula is C12H18N2O3S3. The van der Waals surface area contributed by atoms with Crippen LogP contribution in [-0.4, -0.2) is 35.7 Å². The van der Waals surface area contributed by atoms with Gasteiger partial charge in [-0.3, -0.25) is 4.21 Å². The molecule has 1 rings (SSSR count). The maximum absolute atomic E-state index is 11.8. The van der Waals surface area contributed by atoms with Crippen LogP contribution >= 0.6 is 12.2 Å². The fourth-order valence-corrected chi connectivity index (χ4v) is 3.52. The molecule has 0 saturated heterocycles. The fraction of sp³-hybridized carbons (Fsp3) is 0.417. The standard InChI is InChI=1S/C12H18N2O3S3/c1-2-19(15)8-7-14-20(16,17)9-10-3-5-11(6-4-10)12(13)18/h3-6,14H,2,7-9H2,1H3,(H2,13,18). The minimum atomic E-state index is -3.42. The lowest BCUT2D eigenvalue weighted by molar-refractivity contribution is 0.583. The lowest BCUT2D eigenvalue weighted by Gasteiger charge is -2.07. The first-order valence-electron chi connectivity index (χ1n) is 6.05. The van der Waals surface area contributed by atoms with Crippen molar-refractivity contribution in [3.63, 3.8) is 0 Å². The van der Waals surface area contributed by atoms with Gasteiger partial charge in [0, 0.05) is 34.4 Å². The monoisotopic (exact) mass is 334 g/mol. The fourth-order valence-electron chi connectivity index (χ4n) is 1.49. The van der Waals surface area contributed by atoms with Gasteiger partial charge < -0.3 is 5.73 Å². The molecule has 5 nitrogen and oxygen atoms in total. The second-order valence-electron chi connectivity index (χ2n) is 4.15. The summed E-state index contributed by atoms with van der Waals surface area (Å²) in [6.07, 6.45) is 0. The molecule has 0 aliphatic heterocycles. The van der Waals surface area contributed by atoms with Crippen LogP contribution in [0.3, 0.4) is 0 Å². The number of hydrogen-bond donors (Lipinski definition) is 2. The van der Waals surface area contributed by atoms with Crippen molar-refractivity contribution in [2.75, 3.05) is 18.1 Å². The van der Waals surface area contributed by atoms with Gasteiger partial charge in [-0.15, -0.1) is 0 Å². The van der Waals surface area contributed by atoms with Crippen molar-refractivity contribution < 1.29 is 12.6 Å². The summed E-state index contributed by atoms with van der Waals surface area (Å²) in [7, 11) is -4.39. The van der Waals surface area contributed by atoms with Crippen LogP contribution in [0.15, 0.2) is 24.3 Å². The van der Waals surface area contributed by atoms with Gasteiger partial charge >= 0.3 is 0 Å². The number of sulfonamides is 1. The SMILES string of the molecule is CCS(=O)CCNS(=O)(=O)Cc1ccc(C(N)=S)cc1. The van der Waals surface area contributed by atoms with E-state index in [0.29, 0.717) is 22.6 Å². The summed E-state index contributed by atoms with van der Waals surface area (Å²) in [5, 5.41) is 0. The zero-order valence-electron chi connectivity index (χ0n) is 11.2.